The van der Waals surface area contributed by atoms with Crippen LogP contribution in [0.15, 0.2) is 34.8 Å². The molecule has 1 aromatic carbocycles. The molecule has 0 saturated carbocycles. The second-order valence-electron chi connectivity index (χ2n) is 3.50. The van der Waals surface area contributed by atoms with Gasteiger partial charge in [-0.2, -0.15) is 0 Å². The van der Waals surface area contributed by atoms with Crippen LogP contribution >= 0.6 is 15.9 Å². The van der Waals surface area contributed by atoms with Crippen molar-refractivity contribution in [2.45, 2.75) is 19.9 Å². The zero-order chi connectivity index (χ0) is 11.4. The van der Waals surface area contributed by atoms with Crippen LogP contribution < -0.4 is 5.32 Å². The second-order valence-corrected chi connectivity index (χ2v) is 4.42. The van der Waals surface area contributed by atoms with Gasteiger partial charge in [0, 0.05) is 10.0 Å². The van der Waals surface area contributed by atoms with E-state index >= 15 is 0 Å². The molecule has 0 aliphatic heterocycles. The third-order valence-corrected chi connectivity index (χ3v) is 2.66. The Morgan fingerprint density at radius 2 is 2.27 bits per heavy atom. The Morgan fingerprint density at radius 1 is 1.60 bits per heavy atom. The van der Waals surface area contributed by atoms with Gasteiger partial charge in [0.25, 0.3) is 0 Å². The van der Waals surface area contributed by atoms with E-state index in [0.29, 0.717) is 5.56 Å². The van der Waals surface area contributed by atoms with Crippen LogP contribution in [0.5, 0.6) is 0 Å². The molecular formula is C12H15BrFN. The molecule has 0 aromatic heterocycles. The number of hydrogen-bond donors (Lipinski definition) is 1. The summed E-state index contributed by atoms with van der Waals surface area (Å²) in [5.74, 6) is -0.202. The predicted molar refractivity (Wildman–Crippen MR) is 65.3 cm³/mol. The first-order chi connectivity index (χ1) is 7.06. The first-order valence-electron chi connectivity index (χ1n) is 4.90. The molecule has 0 fully saturated rings. The van der Waals surface area contributed by atoms with Crippen LogP contribution in [-0.4, -0.2) is 6.54 Å². The lowest BCUT2D eigenvalue weighted by atomic mass is 10.0. The Kier molecular flexibility index (Phi) is 4.48. The Bertz CT molecular complexity index is 363. The molecule has 1 aromatic rings. The fraction of sp³-hybridized carbons (Fsp3) is 0.333. The molecule has 1 rings (SSSR count). The Hall–Kier alpha value is -0.670. The van der Waals surface area contributed by atoms with Gasteiger partial charge in [0.2, 0.25) is 0 Å². The Balaban J connectivity index is 3.09. The standard InChI is InChI=1S/C12H15BrFN/c1-4-15-12(8(2)3)10-7-9(13)5-6-11(10)14/h5-7,12,15H,2,4H2,1,3H3. The first-order valence-corrected chi connectivity index (χ1v) is 5.69. The minimum atomic E-state index is -0.202. The summed E-state index contributed by atoms with van der Waals surface area (Å²) in [5, 5.41) is 3.21. The third-order valence-electron chi connectivity index (χ3n) is 2.17. The summed E-state index contributed by atoms with van der Waals surface area (Å²) in [5.41, 5.74) is 1.55. The molecule has 3 heteroatoms. The molecule has 0 heterocycles. The highest BCUT2D eigenvalue weighted by Gasteiger charge is 2.15. The average molecular weight is 272 g/mol. The topological polar surface area (TPSA) is 12.0 Å². The van der Waals surface area contributed by atoms with Gasteiger partial charge in [-0.15, -0.1) is 0 Å². The lowest BCUT2D eigenvalue weighted by Gasteiger charge is -2.19. The average Bonchev–Trinajstić information content (AvgIpc) is 2.18. The number of hydrogen-bond acceptors (Lipinski definition) is 1. The van der Waals surface area contributed by atoms with Gasteiger partial charge in [-0.3, -0.25) is 0 Å². The number of likely N-dealkylation sites (N-methyl/N-ethyl adjacent to an activating group) is 1. The van der Waals surface area contributed by atoms with Crippen LogP contribution in [0.2, 0.25) is 0 Å². The van der Waals surface area contributed by atoms with Crippen molar-refractivity contribution in [3.63, 3.8) is 0 Å². The minimum absolute atomic E-state index is 0.118. The van der Waals surface area contributed by atoms with Gasteiger partial charge < -0.3 is 5.32 Å². The van der Waals surface area contributed by atoms with Crippen LogP contribution in [0.1, 0.15) is 25.5 Å². The molecule has 0 amide bonds. The Labute approximate surface area is 98.5 Å². The van der Waals surface area contributed by atoms with E-state index < -0.39 is 0 Å². The van der Waals surface area contributed by atoms with Crippen molar-refractivity contribution in [1.82, 2.24) is 5.32 Å². The highest BCUT2D eigenvalue weighted by molar-refractivity contribution is 9.10. The summed E-state index contributed by atoms with van der Waals surface area (Å²) in [6.07, 6.45) is 0. The van der Waals surface area contributed by atoms with E-state index in [1.54, 1.807) is 12.1 Å². The maximum absolute atomic E-state index is 13.6. The van der Waals surface area contributed by atoms with E-state index in [1.807, 2.05) is 13.8 Å². The number of rotatable bonds is 4. The molecule has 0 spiro atoms. The largest absolute Gasteiger partial charge is 0.307 e. The van der Waals surface area contributed by atoms with Crippen molar-refractivity contribution in [2.75, 3.05) is 6.54 Å². The van der Waals surface area contributed by atoms with Crippen molar-refractivity contribution < 1.29 is 4.39 Å². The third kappa shape index (κ3) is 3.14. The van der Waals surface area contributed by atoms with E-state index in [9.17, 15) is 4.39 Å². The van der Waals surface area contributed by atoms with E-state index in [2.05, 4.69) is 27.8 Å². The molecule has 0 aliphatic carbocycles. The van der Waals surface area contributed by atoms with Crippen LogP contribution in [0.25, 0.3) is 0 Å². The molecule has 0 saturated heterocycles. The number of benzene rings is 1. The molecule has 15 heavy (non-hydrogen) atoms. The smallest absolute Gasteiger partial charge is 0.128 e. The Morgan fingerprint density at radius 3 is 2.80 bits per heavy atom. The van der Waals surface area contributed by atoms with Crippen LogP contribution in [0, 0.1) is 5.82 Å². The molecule has 0 aliphatic rings. The predicted octanol–water partition coefficient (Wildman–Crippen LogP) is 3.81. The van der Waals surface area contributed by atoms with E-state index in [4.69, 9.17) is 0 Å². The van der Waals surface area contributed by atoms with Crippen molar-refractivity contribution in [3.05, 3.63) is 46.2 Å². The molecule has 1 atom stereocenters. The molecule has 0 bridgehead atoms. The van der Waals surface area contributed by atoms with Crippen LogP contribution in [-0.2, 0) is 0 Å². The van der Waals surface area contributed by atoms with Gasteiger partial charge in [0.15, 0.2) is 0 Å². The van der Waals surface area contributed by atoms with Gasteiger partial charge in [-0.25, -0.2) is 4.39 Å². The van der Waals surface area contributed by atoms with E-state index in [-0.39, 0.29) is 11.9 Å². The van der Waals surface area contributed by atoms with Gasteiger partial charge in [-0.1, -0.05) is 35.0 Å². The first kappa shape index (κ1) is 12.4. The molecule has 1 unspecified atom stereocenters. The molecule has 82 valence electrons. The lowest BCUT2D eigenvalue weighted by Crippen LogP contribution is -2.22. The lowest BCUT2D eigenvalue weighted by molar-refractivity contribution is 0.554. The summed E-state index contributed by atoms with van der Waals surface area (Å²) in [6, 6.07) is 4.83. The SMILES string of the molecule is C=C(C)C(NCC)c1cc(Br)ccc1F. The molecular weight excluding hydrogens is 257 g/mol. The fourth-order valence-corrected chi connectivity index (χ4v) is 1.87. The van der Waals surface area contributed by atoms with Crippen molar-refractivity contribution in [3.8, 4) is 0 Å². The summed E-state index contributed by atoms with van der Waals surface area (Å²) in [7, 11) is 0. The minimum Gasteiger partial charge on any atom is -0.307 e. The highest BCUT2D eigenvalue weighted by Crippen LogP contribution is 2.25. The zero-order valence-corrected chi connectivity index (χ0v) is 10.6. The van der Waals surface area contributed by atoms with Crippen LogP contribution in [0.3, 0.4) is 0 Å². The number of halogens is 2. The zero-order valence-electron chi connectivity index (χ0n) is 8.98. The van der Waals surface area contributed by atoms with E-state index in [1.165, 1.54) is 6.07 Å². The molecule has 1 N–H and O–H groups in total. The van der Waals surface area contributed by atoms with E-state index in [0.717, 1.165) is 16.6 Å². The number of nitrogens with one attached hydrogen (secondary N) is 1. The van der Waals surface area contributed by atoms with Crippen molar-refractivity contribution in [1.29, 1.82) is 0 Å². The second kappa shape index (κ2) is 5.42. The molecule has 0 radical (unpaired) electrons. The summed E-state index contributed by atoms with van der Waals surface area (Å²) < 4.78 is 14.5. The highest BCUT2D eigenvalue weighted by atomic mass is 79.9. The normalized spacial score (nSPS) is 12.5. The van der Waals surface area contributed by atoms with Gasteiger partial charge >= 0.3 is 0 Å². The summed E-state index contributed by atoms with van der Waals surface area (Å²) >= 11 is 3.34. The van der Waals surface area contributed by atoms with Gasteiger partial charge in [0.1, 0.15) is 5.82 Å². The fourth-order valence-electron chi connectivity index (χ4n) is 1.49. The van der Waals surface area contributed by atoms with Crippen LogP contribution in [0.4, 0.5) is 4.39 Å². The molecule has 1 nitrogen and oxygen atoms in total. The quantitative estimate of drug-likeness (QED) is 0.822. The summed E-state index contributed by atoms with van der Waals surface area (Å²) in [6.45, 7) is 8.55. The maximum atomic E-state index is 13.6. The van der Waals surface area contributed by atoms with Gasteiger partial charge in [0.05, 0.1) is 6.04 Å². The maximum Gasteiger partial charge on any atom is 0.128 e. The van der Waals surface area contributed by atoms with Crippen molar-refractivity contribution >= 4 is 15.9 Å². The van der Waals surface area contributed by atoms with Gasteiger partial charge in [-0.05, 0) is 31.7 Å². The monoisotopic (exact) mass is 271 g/mol. The van der Waals surface area contributed by atoms with Crippen molar-refractivity contribution in [2.24, 2.45) is 0 Å². The summed E-state index contributed by atoms with van der Waals surface area (Å²) in [4.78, 5) is 0.